The zero-order valence-electron chi connectivity index (χ0n) is 22.6. The van der Waals surface area contributed by atoms with Gasteiger partial charge < -0.3 is 39.1 Å². The second-order valence-corrected chi connectivity index (χ2v) is 8.82. The Morgan fingerprint density at radius 3 is 2.51 bits per heavy atom. The molecule has 0 saturated heterocycles. The number of benzene rings is 2. The summed E-state index contributed by atoms with van der Waals surface area (Å²) in [4.78, 5) is 10.9. The molecule has 0 spiro atoms. The number of nitrogens with zero attached hydrogens (tertiary/aromatic N) is 1. The number of carbonyl (C=O) groups is 1. The lowest BCUT2D eigenvalue weighted by Gasteiger charge is -2.10. The van der Waals surface area contributed by atoms with Crippen molar-refractivity contribution in [2.24, 2.45) is 0 Å². The first-order chi connectivity index (χ1) is 19.1. The Morgan fingerprint density at radius 2 is 1.72 bits per heavy atom. The summed E-state index contributed by atoms with van der Waals surface area (Å²) in [6, 6.07) is 11.8. The van der Waals surface area contributed by atoms with Gasteiger partial charge in [0.15, 0.2) is 17.3 Å². The number of unbranched alkanes of at least 4 members (excludes halogenated alkanes) is 1. The molecule has 2 aromatic carbocycles. The van der Waals surface area contributed by atoms with Gasteiger partial charge in [-0.05, 0) is 42.7 Å². The maximum Gasteiger partial charge on any atom is 0.406 e. The second-order valence-electron chi connectivity index (χ2n) is 8.82. The number of H-pyrrole nitrogens is 1. The first-order valence-corrected chi connectivity index (χ1v) is 12.9. The summed E-state index contributed by atoms with van der Waals surface area (Å²) >= 11 is 0. The van der Waals surface area contributed by atoms with Gasteiger partial charge >= 0.3 is 6.09 Å². The van der Waals surface area contributed by atoms with Crippen molar-refractivity contribution in [2.75, 3.05) is 66.2 Å². The summed E-state index contributed by atoms with van der Waals surface area (Å²) in [5.41, 5.74) is 5.19. The van der Waals surface area contributed by atoms with E-state index in [4.69, 9.17) is 23.7 Å². The second kappa shape index (κ2) is 14.3. The number of carbonyl (C=O) groups excluding carboxylic acids is 1. The van der Waals surface area contributed by atoms with E-state index in [2.05, 4.69) is 25.6 Å². The molecular weight excluding hydrogens is 504 g/mol. The van der Waals surface area contributed by atoms with Crippen LogP contribution in [0.15, 0.2) is 36.4 Å². The van der Waals surface area contributed by atoms with Gasteiger partial charge in [0.2, 0.25) is 0 Å². The molecule has 0 unspecified atom stereocenters. The Labute approximate surface area is 228 Å². The number of rotatable bonds is 16. The zero-order valence-corrected chi connectivity index (χ0v) is 22.6. The predicted octanol–water partition coefficient (Wildman–Crippen LogP) is 4.29. The van der Waals surface area contributed by atoms with Crippen molar-refractivity contribution in [3.63, 3.8) is 0 Å². The number of amides is 1. The number of nitrogens with one attached hydrogen (secondary N) is 3. The molecule has 1 amide bonds. The Balaban J connectivity index is 1.16. The number of alkyl carbamates (subject to hydrolysis) is 1. The van der Waals surface area contributed by atoms with Crippen molar-refractivity contribution >= 4 is 17.6 Å². The van der Waals surface area contributed by atoms with Crippen LogP contribution >= 0.6 is 0 Å². The van der Waals surface area contributed by atoms with Crippen LogP contribution in [-0.4, -0.2) is 77.2 Å². The highest BCUT2D eigenvalue weighted by atomic mass is 16.5. The van der Waals surface area contributed by atoms with Gasteiger partial charge in [-0.2, -0.15) is 5.10 Å². The largest absolute Gasteiger partial charge is 0.493 e. The summed E-state index contributed by atoms with van der Waals surface area (Å²) in [6.45, 7) is 3.10. The van der Waals surface area contributed by atoms with E-state index in [-0.39, 0.29) is 0 Å². The van der Waals surface area contributed by atoms with Crippen LogP contribution in [0.5, 0.6) is 17.2 Å². The molecule has 1 aliphatic rings. The van der Waals surface area contributed by atoms with Crippen molar-refractivity contribution in [3.8, 4) is 28.5 Å². The highest BCUT2D eigenvalue weighted by molar-refractivity contribution is 5.81. The first-order valence-electron chi connectivity index (χ1n) is 12.9. The number of hydrogen-bond acceptors (Lipinski definition) is 9. The number of fused-ring (bicyclic) bond motifs is 3. The Kier molecular flexibility index (Phi) is 10.3. The standard InChI is InChI=1S/C28H36N4O7/c1-34-24-16-19-15-23-26(22(19)18-25(24)35-2)31-32-27(23)30-20-7-6-8-21(17-20)39-14-13-38-12-11-37-10-5-4-9-29-28(33)36-3/h6-8,16-18H,4-5,9-15H2,1-3H3,(H,29,33)(H2,30,31,32). The van der Waals surface area contributed by atoms with Gasteiger partial charge in [0.05, 0.1) is 46.8 Å². The lowest BCUT2D eigenvalue weighted by molar-refractivity contribution is 0.0353. The molecule has 0 atom stereocenters. The molecule has 3 N–H and O–H groups in total. The topological polar surface area (TPSA) is 125 Å². The molecule has 0 bridgehead atoms. The van der Waals surface area contributed by atoms with Crippen molar-refractivity contribution in [1.82, 2.24) is 15.5 Å². The lowest BCUT2D eigenvalue weighted by Crippen LogP contribution is -2.24. The third-order valence-electron chi connectivity index (χ3n) is 6.25. The fourth-order valence-electron chi connectivity index (χ4n) is 4.29. The van der Waals surface area contributed by atoms with Gasteiger partial charge in [0.25, 0.3) is 0 Å². The monoisotopic (exact) mass is 540 g/mol. The van der Waals surface area contributed by atoms with Gasteiger partial charge in [-0.3, -0.25) is 5.10 Å². The maximum atomic E-state index is 10.9. The van der Waals surface area contributed by atoms with Crippen LogP contribution in [0.3, 0.4) is 0 Å². The van der Waals surface area contributed by atoms with Crippen LogP contribution in [0.2, 0.25) is 0 Å². The number of ether oxygens (including phenoxy) is 6. The molecule has 1 aliphatic carbocycles. The quantitative estimate of drug-likeness (QED) is 0.179. The maximum absolute atomic E-state index is 10.9. The highest BCUT2D eigenvalue weighted by Crippen LogP contribution is 2.44. The molecule has 1 heterocycles. The molecule has 11 nitrogen and oxygen atoms in total. The molecule has 0 fully saturated rings. The number of aromatic amines is 1. The molecular formula is C28H36N4O7. The number of aromatic nitrogens is 2. The first kappa shape index (κ1) is 28.1. The van der Waals surface area contributed by atoms with Crippen LogP contribution in [0, 0.1) is 0 Å². The molecule has 0 aliphatic heterocycles. The summed E-state index contributed by atoms with van der Waals surface area (Å²) in [6.07, 6.45) is 2.02. The lowest BCUT2D eigenvalue weighted by atomic mass is 10.1. The van der Waals surface area contributed by atoms with Crippen LogP contribution in [-0.2, 0) is 20.6 Å². The van der Waals surface area contributed by atoms with Gasteiger partial charge in [-0.15, -0.1) is 0 Å². The number of hydrogen-bond donors (Lipinski definition) is 3. The van der Waals surface area contributed by atoms with Gasteiger partial charge in [-0.25, -0.2) is 4.79 Å². The summed E-state index contributed by atoms with van der Waals surface area (Å²) in [7, 11) is 4.62. The Morgan fingerprint density at radius 1 is 0.949 bits per heavy atom. The Bertz CT molecular complexity index is 1230. The molecule has 4 rings (SSSR count). The van der Waals surface area contributed by atoms with Crippen LogP contribution < -0.4 is 24.8 Å². The fourth-order valence-corrected chi connectivity index (χ4v) is 4.29. The fraction of sp³-hybridized carbons (Fsp3) is 0.429. The minimum atomic E-state index is -0.412. The van der Waals surface area contributed by atoms with Crippen molar-refractivity contribution in [1.29, 1.82) is 0 Å². The van der Waals surface area contributed by atoms with Crippen molar-refractivity contribution in [3.05, 3.63) is 47.5 Å². The van der Waals surface area contributed by atoms with E-state index in [0.29, 0.717) is 51.1 Å². The molecule has 39 heavy (non-hydrogen) atoms. The van der Waals surface area contributed by atoms with E-state index >= 15 is 0 Å². The normalized spacial score (nSPS) is 11.5. The van der Waals surface area contributed by atoms with Crippen molar-refractivity contribution < 1.29 is 33.2 Å². The van der Waals surface area contributed by atoms with Gasteiger partial charge in [0.1, 0.15) is 12.4 Å². The minimum Gasteiger partial charge on any atom is -0.493 e. The summed E-state index contributed by atoms with van der Waals surface area (Å²) in [5.74, 6) is 2.92. The molecule has 11 heteroatoms. The summed E-state index contributed by atoms with van der Waals surface area (Å²) < 4.78 is 32.4. The molecule has 0 saturated carbocycles. The molecule has 210 valence electrons. The van der Waals surface area contributed by atoms with Crippen molar-refractivity contribution in [2.45, 2.75) is 19.3 Å². The smallest absolute Gasteiger partial charge is 0.406 e. The minimum absolute atomic E-state index is 0.412. The third-order valence-corrected chi connectivity index (χ3v) is 6.25. The predicted molar refractivity (Wildman–Crippen MR) is 146 cm³/mol. The summed E-state index contributed by atoms with van der Waals surface area (Å²) in [5, 5.41) is 13.7. The van der Waals surface area contributed by atoms with E-state index in [9.17, 15) is 4.79 Å². The Hall–Kier alpha value is -3.96. The average molecular weight is 541 g/mol. The molecule has 0 radical (unpaired) electrons. The van der Waals surface area contributed by atoms with Crippen LogP contribution in [0.25, 0.3) is 11.3 Å². The third kappa shape index (κ3) is 7.55. The van der Waals surface area contributed by atoms with Crippen LogP contribution in [0.4, 0.5) is 16.3 Å². The van der Waals surface area contributed by atoms with Gasteiger partial charge in [0, 0.05) is 42.5 Å². The van der Waals surface area contributed by atoms with E-state index in [1.165, 1.54) is 7.11 Å². The molecule has 3 aromatic rings. The number of anilines is 2. The van der Waals surface area contributed by atoms with E-state index in [1.54, 1.807) is 14.2 Å². The number of methoxy groups -OCH3 is 3. The molecule has 1 aromatic heterocycles. The SMILES string of the molecule is COC(=O)NCCCCOCCOCCOc1cccc(Nc2n[nH]c3c2Cc2cc(OC)c(OC)cc2-3)c1. The highest BCUT2D eigenvalue weighted by Gasteiger charge is 2.26. The zero-order chi connectivity index (χ0) is 27.5. The van der Waals surface area contributed by atoms with E-state index < -0.39 is 6.09 Å². The van der Waals surface area contributed by atoms with Gasteiger partial charge in [-0.1, -0.05) is 6.07 Å². The average Bonchev–Trinajstić information content (AvgIpc) is 3.51. The van der Waals surface area contributed by atoms with E-state index in [1.807, 2.05) is 36.4 Å². The van der Waals surface area contributed by atoms with Crippen LogP contribution in [0.1, 0.15) is 24.0 Å². The van der Waals surface area contributed by atoms with E-state index in [0.717, 1.165) is 58.9 Å².